The number of anilines is 1. The van der Waals surface area contributed by atoms with E-state index in [0.29, 0.717) is 6.42 Å². The van der Waals surface area contributed by atoms with Crippen LogP contribution in [0.1, 0.15) is 18.9 Å². The van der Waals surface area contributed by atoms with E-state index >= 15 is 0 Å². The van der Waals surface area contributed by atoms with Crippen LogP contribution in [-0.2, 0) is 4.79 Å². The molecule has 0 spiro atoms. The van der Waals surface area contributed by atoms with E-state index in [4.69, 9.17) is 4.74 Å². The first-order chi connectivity index (χ1) is 11.7. The molecule has 3 aromatic rings. The number of nitrogens with one attached hydrogen (secondary N) is 1. The van der Waals surface area contributed by atoms with Crippen LogP contribution in [0.2, 0.25) is 0 Å². The Labute approximate surface area is 142 Å². The van der Waals surface area contributed by atoms with Crippen molar-refractivity contribution in [2.45, 2.75) is 26.4 Å². The van der Waals surface area contributed by atoms with Crippen molar-refractivity contribution < 1.29 is 9.53 Å². The van der Waals surface area contributed by atoms with E-state index in [2.05, 4.69) is 5.32 Å². The Kier molecular flexibility index (Phi) is 4.80. The lowest BCUT2D eigenvalue weighted by Gasteiger charge is -2.18. The second-order valence-corrected chi connectivity index (χ2v) is 5.85. The summed E-state index contributed by atoms with van der Waals surface area (Å²) in [7, 11) is 0. The lowest BCUT2D eigenvalue weighted by Crippen LogP contribution is -2.32. The van der Waals surface area contributed by atoms with Gasteiger partial charge in [0.2, 0.25) is 0 Å². The highest BCUT2D eigenvalue weighted by molar-refractivity contribution is 5.95. The Hall–Kier alpha value is -2.81. The Morgan fingerprint density at radius 1 is 1.04 bits per heavy atom. The van der Waals surface area contributed by atoms with E-state index in [-0.39, 0.29) is 5.91 Å². The molecule has 1 amide bonds. The summed E-state index contributed by atoms with van der Waals surface area (Å²) in [5.41, 5.74) is 1.90. The highest BCUT2D eigenvalue weighted by atomic mass is 16.5. The number of fused-ring (bicyclic) bond motifs is 1. The third kappa shape index (κ3) is 3.57. The molecule has 1 N–H and O–H groups in total. The van der Waals surface area contributed by atoms with E-state index in [0.717, 1.165) is 27.8 Å². The Morgan fingerprint density at radius 2 is 1.79 bits per heavy atom. The van der Waals surface area contributed by atoms with Crippen LogP contribution in [0.15, 0.2) is 66.7 Å². The molecule has 0 aromatic heterocycles. The molecular weight excluding hydrogens is 298 g/mol. The zero-order valence-corrected chi connectivity index (χ0v) is 14.0. The maximum atomic E-state index is 12.6. The van der Waals surface area contributed by atoms with Crippen molar-refractivity contribution in [2.75, 3.05) is 5.32 Å². The predicted molar refractivity (Wildman–Crippen MR) is 98.5 cm³/mol. The summed E-state index contributed by atoms with van der Waals surface area (Å²) in [6.45, 7) is 3.95. The van der Waals surface area contributed by atoms with Crippen LogP contribution in [0, 0.1) is 6.92 Å². The number of ether oxygens (including phenoxy) is 1. The molecule has 0 fully saturated rings. The molecule has 3 heteroatoms. The van der Waals surface area contributed by atoms with Gasteiger partial charge in [-0.2, -0.15) is 0 Å². The first-order valence-electron chi connectivity index (χ1n) is 8.19. The fraction of sp³-hybridized carbons (Fsp3) is 0.190. The molecule has 0 saturated heterocycles. The zero-order valence-electron chi connectivity index (χ0n) is 14.0. The van der Waals surface area contributed by atoms with E-state index in [9.17, 15) is 4.79 Å². The van der Waals surface area contributed by atoms with Crippen LogP contribution < -0.4 is 10.1 Å². The topological polar surface area (TPSA) is 38.3 Å². The average molecular weight is 319 g/mol. The van der Waals surface area contributed by atoms with Crippen molar-refractivity contribution >= 4 is 22.4 Å². The van der Waals surface area contributed by atoms with E-state index in [1.807, 2.05) is 80.6 Å². The molecule has 3 nitrogen and oxygen atoms in total. The fourth-order valence-corrected chi connectivity index (χ4v) is 2.72. The summed E-state index contributed by atoms with van der Waals surface area (Å²) in [6.07, 6.45) is 0.0669. The molecule has 0 bridgehead atoms. The number of hydrogen-bond donors (Lipinski definition) is 1. The second-order valence-electron chi connectivity index (χ2n) is 5.85. The summed E-state index contributed by atoms with van der Waals surface area (Å²) in [5, 5.41) is 5.05. The summed E-state index contributed by atoms with van der Waals surface area (Å²) < 4.78 is 6.03. The fourth-order valence-electron chi connectivity index (χ4n) is 2.72. The summed E-state index contributed by atoms with van der Waals surface area (Å²) in [4.78, 5) is 12.6. The molecule has 3 aromatic carbocycles. The zero-order chi connectivity index (χ0) is 16.9. The largest absolute Gasteiger partial charge is 0.480 e. The minimum Gasteiger partial charge on any atom is -0.480 e. The maximum absolute atomic E-state index is 12.6. The van der Waals surface area contributed by atoms with Gasteiger partial charge in [0, 0.05) is 11.1 Å². The quantitative estimate of drug-likeness (QED) is 0.723. The maximum Gasteiger partial charge on any atom is 0.265 e. The van der Waals surface area contributed by atoms with Crippen molar-refractivity contribution in [3.63, 3.8) is 0 Å². The van der Waals surface area contributed by atoms with Crippen molar-refractivity contribution in [3.05, 3.63) is 72.3 Å². The minimum absolute atomic E-state index is 0.129. The van der Waals surface area contributed by atoms with Crippen LogP contribution in [0.4, 0.5) is 5.69 Å². The molecule has 24 heavy (non-hydrogen) atoms. The van der Waals surface area contributed by atoms with Gasteiger partial charge in [-0.1, -0.05) is 55.5 Å². The summed E-state index contributed by atoms with van der Waals surface area (Å²) in [6, 6.07) is 21.7. The van der Waals surface area contributed by atoms with Crippen LogP contribution in [-0.4, -0.2) is 12.0 Å². The first kappa shape index (κ1) is 16.1. The number of rotatable bonds is 5. The number of amides is 1. The molecule has 3 rings (SSSR count). The standard InChI is InChI=1S/C21H21NO2/c1-3-19(21(23)22-17-11-6-8-15(2)14-17)24-20-13-7-10-16-9-4-5-12-18(16)20/h4-14,19H,3H2,1-2H3,(H,22,23)/t19-/m0/s1. The third-order valence-electron chi connectivity index (χ3n) is 3.97. The Balaban J connectivity index is 1.79. The molecule has 0 radical (unpaired) electrons. The highest BCUT2D eigenvalue weighted by Crippen LogP contribution is 2.26. The van der Waals surface area contributed by atoms with E-state index in [1.165, 1.54) is 0 Å². The van der Waals surface area contributed by atoms with Gasteiger partial charge in [0.1, 0.15) is 5.75 Å². The third-order valence-corrected chi connectivity index (χ3v) is 3.97. The number of hydrogen-bond acceptors (Lipinski definition) is 2. The molecule has 0 aliphatic rings. The summed E-state index contributed by atoms with van der Waals surface area (Å²) in [5.74, 6) is 0.607. The van der Waals surface area contributed by atoms with Crippen molar-refractivity contribution in [1.82, 2.24) is 0 Å². The Bertz CT molecular complexity index is 852. The van der Waals surface area contributed by atoms with Crippen LogP contribution in [0.3, 0.4) is 0 Å². The van der Waals surface area contributed by atoms with Gasteiger partial charge in [0.25, 0.3) is 5.91 Å². The number of carbonyl (C=O) groups is 1. The lowest BCUT2D eigenvalue weighted by atomic mass is 10.1. The molecule has 0 heterocycles. The smallest absolute Gasteiger partial charge is 0.265 e. The van der Waals surface area contributed by atoms with Gasteiger partial charge >= 0.3 is 0 Å². The van der Waals surface area contributed by atoms with Gasteiger partial charge in [0.15, 0.2) is 6.10 Å². The van der Waals surface area contributed by atoms with Gasteiger partial charge in [0.05, 0.1) is 0 Å². The second kappa shape index (κ2) is 7.18. The van der Waals surface area contributed by atoms with Gasteiger partial charge in [-0.3, -0.25) is 4.79 Å². The highest BCUT2D eigenvalue weighted by Gasteiger charge is 2.19. The lowest BCUT2D eigenvalue weighted by molar-refractivity contribution is -0.122. The normalized spacial score (nSPS) is 11.9. The van der Waals surface area contributed by atoms with Crippen molar-refractivity contribution in [1.29, 1.82) is 0 Å². The average Bonchev–Trinajstić information content (AvgIpc) is 2.59. The minimum atomic E-state index is -0.531. The molecule has 122 valence electrons. The number of benzene rings is 3. The SMILES string of the molecule is CC[C@H](Oc1cccc2ccccc12)C(=O)Nc1cccc(C)c1. The van der Waals surface area contributed by atoms with Crippen molar-refractivity contribution in [3.8, 4) is 5.75 Å². The molecule has 0 saturated carbocycles. The van der Waals surface area contributed by atoms with Crippen LogP contribution in [0.25, 0.3) is 10.8 Å². The summed E-state index contributed by atoms with van der Waals surface area (Å²) >= 11 is 0. The van der Waals surface area contributed by atoms with Crippen LogP contribution >= 0.6 is 0 Å². The molecular formula is C21H21NO2. The molecule has 0 aliphatic heterocycles. The number of aryl methyl sites for hydroxylation is 1. The molecule has 1 atom stereocenters. The van der Waals surface area contributed by atoms with Gasteiger partial charge in [-0.25, -0.2) is 0 Å². The van der Waals surface area contributed by atoms with Crippen LogP contribution in [0.5, 0.6) is 5.75 Å². The van der Waals surface area contributed by atoms with E-state index in [1.54, 1.807) is 0 Å². The first-order valence-corrected chi connectivity index (χ1v) is 8.19. The van der Waals surface area contributed by atoms with Crippen molar-refractivity contribution in [2.24, 2.45) is 0 Å². The van der Waals surface area contributed by atoms with Gasteiger partial charge in [-0.05, 0) is 42.5 Å². The van der Waals surface area contributed by atoms with Gasteiger partial charge < -0.3 is 10.1 Å². The Morgan fingerprint density at radius 3 is 2.58 bits per heavy atom. The van der Waals surface area contributed by atoms with E-state index < -0.39 is 6.10 Å². The van der Waals surface area contributed by atoms with Gasteiger partial charge in [-0.15, -0.1) is 0 Å². The number of carbonyl (C=O) groups excluding carboxylic acids is 1. The monoisotopic (exact) mass is 319 g/mol. The predicted octanol–water partition coefficient (Wildman–Crippen LogP) is 4.94. The molecule has 0 unspecified atom stereocenters. The molecule has 0 aliphatic carbocycles.